The van der Waals surface area contributed by atoms with E-state index in [2.05, 4.69) is 63.1 Å². The highest BCUT2D eigenvalue weighted by molar-refractivity contribution is 5.96. The van der Waals surface area contributed by atoms with E-state index in [1.165, 1.54) is 22.0 Å². The van der Waals surface area contributed by atoms with Crippen LogP contribution in [0.15, 0.2) is 36.8 Å². The van der Waals surface area contributed by atoms with Gasteiger partial charge in [0, 0.05) is 62.8 Å². The molecule has 4 heterocycles. The molecule has 192 valence electrons. The van der Waals surface area contributed by atoms with Crippen LogP contribution >= 0.6 is 0 Å². The highest BCUT2D eigenvalue weighted by Gasteiger charge is 2.22. The maximum atomic E-state index is 12.4. The Morgan fingerprint density at radius 2 is 1.97 bits per heavy atom. The number of anilines is 1. The molecule has 0 radical (unpaired) electrons. The van der Waals surface area contributed by atoms with Crippen molar-refractivity contribution in [3.63, 3.8) is 0 Å². The van der Waals surface area contributed by atoms with E-state index in [0.29, 0.717) is 24.0 Å². The summed E-state index contributed by atoms with van der Waals surface area (Å²) in [7, 11) is 2.12. The lowest BCUT2D eigenvalue weighted by molar-refractivity contribution is -0.155. The molecule has 3 aromatic rings. The third kappa shape index (κ3) is 5.77. The van der Waals surface area contributed by atoms with Crippen molar-refractivity contribution in [3.05, 3.63) is 53.5 Å². The van der Waals surface area contributed by atoms with Crippen LogP contribution < -0.4 is 10.2 Å². The van der Waals surface area contributed by atoms with E-state index in [0.717, 1.165) is 58.3 Å². The monoisotopic (exact) mass is 491 g/mol. The van der Waals surface area contributed by atoms with Crippen LogP contribution in [-0.4, -0.2) is 59.5 Å². The number of ketones is 1. The van der Waals surface area contributed by atoms with Crippen LogP contribution in [0, 0.1) is 12.8 Å². The van der Waals surface area contributed by atoms with Crippen molar-refractivity contribution in [2.24, 2.45) is 13.0 Å². The number of carbonyl (C=O) groups excluding carboxylic acids is 1. The number of rotatable bonds is 9. The fourth-order valence-corrected chi connectivity index (χ4v) is 5.34. The minimum absolute atomic E-state index is 0.00408. The minimum atomic E-state index is -0.269. The molecule has 0 amide bonds. The molecule has 1 atom stereocenters. The maximum absolute atomic E-state index is 12.4. The second kappa shape index (κ2) is 11.5. The summed E-state index contributed by atoms with van der Waals surface area (Å²) in [5.74, 6) is 1.22. The van der Waals surface area contributed by atoms with Crippen LogP contribution in [0.25, 0.3) is 10.9 Å². The van der Waals surface area contributed by atoms with Crippen molar-refractivity contribution in [3.8, 4) is 0 Å². The molecule has 0 aliphatic carbocycles. The van der Waals surface area contributed by atoms with Crippen molar-refractivity contribution < 1.29 is 14.3 Å². The van der Waals surface area contributed by atoms with Gasteiger partial charge in [0.05, 0.1) is 5.56 Å². The Kier molecular flexibility index (Phi) is 7.94. The maximum Gasteiger partial charge on any atom is 0.225 e. The smallest absolute Gasteiger partial charge is 0.225 e. The summed E-state index contributed by atoms with van der Waals surface area (Å²) in [6.07, 6.45) is 10.4. The first-order valence-corrected chi connectivity index (χ1v) is 13.2. The molecule has 8 nitrogen and oxygen atoms in total. The van der Waals surface area contributed by atoms with E-state index >= 15 is 0 Å². The van der Waals surface area contributed by atoms with E-state index < -0.39 is 0 Å². The molecule has 1 aromatic carbocycles. The predicted molar refractivity (Wildman–Crippen MR) is 140 cm³/mol. The van der Waals surface area contributed by atoms with Crippen LogP contribution in [0.1, 0.15) is 53.6 Å². The summed E-state index contributed by atoms with van der Waals surface area (Å²) in [6, 6.07) is 6.50. The minimum Gasteiger partial charge on any atom is -0.353 e. The Bertz CT molecular complexity index is 1160. The van der Waals surface area contributed by atoms with Gasteiger partial charge in [-0.2, -0.15) is 0 Å². The highest BCUT2D eigenvalue weighted by atomic mass is 16.7. The van der Waals surface area contributed by atoms with Crippen LogP contribution in [0.4, 0.5) is 5.95 Å². The van der Waals surface area contributed by atoms with Crippen molar-refractivity contribution in [2.45, 2.75) is 51.9 Å². The van der Waals surface area contributed by atoms with Crippen LogP contribution in [0.3, 0.4) is 0 Å². The van der Waals surface area contributed by atoms with Gasteiger partial charge in [0.15, 0.2) is 12.1 Å². The fourth-order valence-electron chi connectivity index (χ4n) is 5.34. The Balaban J connectivity index is 1.06. The van der Waals surface area contributed by atoms with Crippen molar-refractivity contribution in [1.29, 1.82) is 0 Å². The molecular formula is C28H37N5O3. The van der Waals surface area contributed by atoms with Gasteiger partial charge >= 0.3 is 0 Å². The van der Waals surface area contributed by atoms with Crippen LogP contribution in [-0.2, 0) is 23.1 Å². The number of hydrogen-bond acceptors (Lipinski definition) is 7. The summed E-state index contributed by atoms with van der Waals surface area (Å²) in [6.45, 7) is 6.64. The summed E-state index contributed by atoms with van der Waals surface area (Å²) < 4.78 is 13.3. The lowest BCUT2D eigenvalue weighted by atomic mass is 9.97. The molecule has 36 heavy (non-hydrogen) atoms. The number of hydrogen-bond donors (Lipinski definition) is 1. The molecule has 0 spiro atoms. The Morgan fingerprint density at radius 3 is 2.72 bits per heavy atom. The van der Waals surface area contributed by atoms with Gasteiger partial charge in [-0.1, -0.05) is 12.1 Å². The molecule has 0 saturated carbocycles. The average molecular weight is 492 g/mol. The quantitative estimate of drug-likeness (QED) is 0.453. The molecule has 2 aliphatic rings. The summed E-state index contributed by atoms with van der Waals surface area (Å²) in [4.78, 5) is 23.6. The molecule has 5 rings (SSSR count). The third-order valence-corrected chi connectivity index (χ3v) is 7.45. The summed E-state index contributed by atoms with van der Waals surface area (Å²) in [5.41, 5.74) is 4.47. The van der Waals surface area contributed by atoms with Gasteiger partial charge in [-0.25, -0.2) is 9.97 Å². The molecule has 8 heteroatoms. The second-order valence-electron chi connectivity index (χ2n) is 10.1. The number of fused-ring (bicyclic) bond motifs is 1. The number of aryl methyl sites for hydroxylation is 2. The molecule has 1 N–H and O–H groups in total. The van der Waals surface area contributed by atoms with Gasteiger partial charge < -0.3 is 24.3 Å². The molecule has 1 unspecified atom stereocenters. The van der Waals surface area contributed by atoms with Gasteiger partial charge in [-0.05, 0) is 68.7 Å². The number of piperidine rings is 1. The number of benzene rings is 1. The first kappa shape index (κ1) is 24.9. The first-order chi connectivity index (χ1) is 17.6. The molecule has 2 fully saturated rings. The van der Waals surface area contributed by atoms with Gasteiger partial charge in [0.2, 0.25) is 5.95 Å². The number of carbonyl (C=O) groups is 1. The SMILES string of the molecule is Cc1cccc2c1c(CNCC1CCN(c3ncc(C(=O)COC4CCCCO4)cn3)CC1)cn2C. The predicted octanol–water partition coefficient (Wildman–Crippen LogP) is 4.01. The third-order valence-electron chi connectivity index (χ3n) is 7.45. The lowest BCUT2D eigenvalue weighted by Gasteiger charge is -2.32. The van der Waals surface area contributed by atoms with Crippen molar-refractivity contribution in [1.82, 2.24) is 19.9 Å². The number of nitrogens with one attached hydrogen (secondary N) is 1. The van der Waals surface area contributed by atoms with Gasteiger partial charge in [-0.3, -0.25) is 4.79 Å². The van der Waals surface area contributed by atoms with Crippen molar-refractivity contribution >= 4 is 22.6 Å². The van der Waals surface area contributed by atoms with E-state index in [4.69, 9.17) is 9.47 Å². The first-order valence-electron chi connectivity index (χ1n) is 13.2. The molecular weight excluding hydrogens is 454 g/mol. The molecule has 2 saturated heterocycles. The number of Topliss-reactive ketones (excluding diaryl/α,β-unsaturated/α-hetero) is 1. The largest absolute Gasteiger partial charge is 0.353 e. The fraction of sp³-hybridized carbons (Fsp3) is 0.536. The van der Waals surface area contributed by atoms with Crippen LogP contribution in [0.5, 0.6) is 0 Å². The Labute approximate surface area is 213 Å². The van der Waals surface area contributed by atoms with Gasteiger partial charge in [0.1, 0.15) is 6.61 Å². The van der Waals surface area contributed by atoms with Gasteiger partial charge in [0.25, 0.3) is 0 Å². The van der Waals surface area contributed by atoms with Crippen LogP contribution in [0.2, 0.25) is 0 Å². The van der Waals surface area contributed by atoms with Crippen molar-refractivity contribution in [2.75, 3.05) is 37.7 Å². The normalized spacial score (nSPS) is 19.2. The molecule has 2 aromatic heterocycles. The topological polar surface area (TPSA) is 81.5 Å². The highest BCUT2D eigenvalue weighted by Crippen LogP contribution is 2.25. The van der Waals surface area contributed by atoms with E-state index in [9.17, 15) is 4.79 Å². The summed E-state index contributed by atoms with van der Waals surface area (Å²) >= 11 is 0. The average Bonchev–Trinajstić information content (AvgIpc) is 3.25. The number of ether oxygens (including phenoxy) is 2. The van der Waals surface area contributed by atoms with E-state index in [1.54, 1.807) is 12.4 Å². The number of nitrogens with zero attached hydrogens (tertiary/aromatic N) is 4. The molecule has 0 bridgehead atoms. The zero-order valence-corrected chi connectivity index (χ0v) is 21.4. The Hall–Kier alpha value is -2.81. The molecule has 2 aliphatic heterocycles. The zero-order chi connectivity index (χ0) is 24.9. The lowest BCUT2D eigenvalue weighted by Crippen LogP contribution is -2.38. The van der Waals surface area contributed by atoms with E-state index in [-0.39, 0.29) is 18.7 Å². The number of aromatic nitrogens is 3. The second-order valence-corrected chi connectivity index (χ2v) is 10.1. The zero-order valence-electron chi connectivity index (χ0n) is 21.4. The van der Waals surface area contributed by atoms with E-state index in [1.807, 2.05) is 0 Å². The van der Waals surface area contributed by atoms with Gasteiger partial charge in [-0.15, -0.1) is 0 Å². The Morgan fingerprint density at radius 1 is 1.17 bits per heavy atom. The summed E-state index contributed by atoms with van der Waals surface area (Å²) in [5, 5.41) is 5.06. The standard InChI is InChI=1S/C28H37N5O3/c1-20-6-5-7-24-27(20)23(18-32(24)2)15-29-14-21-9-11-33(12-10-21)28-30-16-22(17-31-28)25(34)19-36-26-8-3-4-13-35-26/h5-7,16-18,21,26,29H,3-4,8-15,19H2,1-2H3.